The van der Waals surface area contributed by atoms with Crippen LogP contribution in [0.5, 0.6) is 0 Å². The number of fused-ring (bicyclic) bond motifs is 1. The van der Waals surface area contributed by atoms with Crippen molar-refractivity contribution in [1.29, 1.82) is 0 Å². The maximum atomic E-state index is 12.1. The van der Waals surface area contributed by atoms with Crippen LogP contribution in [0.25, 0.3) is 11.0 Å². The first-order valence-electron chi connectivity index (χ1n) is 6.08. The fourth-order valence-corrected chi connectivity index (χ4v) is 2.26. The summed E-state index contributed by atoms with van der Waals surface area (Å²) in [7, 11) is 4.88. The van der Waals surface area contributed by atoms with Gasteiger partial charge in [0, 0.05) is 33.3 Å². The fourth-order valence-electron chi connectivity index (χ4n) is 2.26. The highest BCUT2D eigenvalue weighted by atomic mass is 16.2. The predicted molar refractivity (Wildman–Crippen MR) is 72.4 cm³/mol. The summed E-state index contributed by atoms with van der Waals surface area (Å²) in [6.07, 6.45) is 0.996. The lowest BCUT2D eigenvalue weighted by Crippen LogP contribution is -2.37. The molecule has 0 atom stereocenters. The molecule has 0 aliphatic rings. The van der Waals surface area contributed by atoms with Gasteiger partial charge in [-0.1, -0.05) is 0 Å². The molecule has 0 saturated heterocycles. The predicted octanol–water partition coefficient (Wildman–Crippen LogP) is 0.0973. The van der Waals surface area contributed by atoms with Gasteiger partial charge in [0.15, 0.2) is 0 Å². The Morgan fingerprint density at radius 3 is 2.32 bits per heavy atom. The molecule has 2 aromatic rings. The number of aromatic nitrogens is 3. The number of Topliss-reactive ketones (excluding diaryl/α,β-unsaturated/α-hetero) is 1. The van der Waals surface area contributed by atoms with Crippen molar-refractivity contribution < 1.29 is 4.79 Å². The molecule has 102 valence electrons. The third kappa shape index (κ3) is 2.03. The Bertz CT molecular complexity index is 777. The zero-order chi connectivity index (χ0) is 14.3. The van der Waals surface area contributed by atoms with Gasteiger partial charge in [0.2, 0.25) is 0 Å². The number of ketones is 1. The van der Waals surface area contributed by atoms with Gasteiger partial charge in [-0.15, -0.1) is 0 Å². The van der Waals surface area contributed by atoms with Crippen LogP contribution in [0.3, 0.4) is 0 Å². The minimum atomic E-state index is -0.346. The molecule has 6 heteroatoms. The van der Waals surface area contributed by atoms with Crippen molar-refractivity contribution in [1.82, 2.24) is 13.7 Å². The van der Waals surface area contributed by atoms with E-state index in [1.54, 1.807) is 24.7 Å². The van der Waals surface area contributed by atoms with Crippen LogP contribution in [0.15, 0.2) is 15.7 Å². The number of rotatable bonds is 3. The fraction of sp³-hybridized carbons (Fsp3) is 0.462. The molecule has 0 aliphatic heterocycles. The average molecular weight is 263 g/mol. The zero-order valence-corrected chi connectivity index (χ0v) is 11.6. The van der Waals surface area contributed by atoms with E-state index < -0.39 is 0 Å². The van der Waals surface area contributed by atoms with Crippen molar-refractivity contribution in [2.75, 3.05) is 0 Å². The van der Waals surface area contributed by atoms with Crippen LogP contribution in [0.2, 0.25) is 0 Å². The zero-order valence-electron chi connectivity index (χ0n) is 11.6. The van der Waals surface area contributed by atoms with Crippen molar-refractivity contribution >= 4 is 16.8 Å². The van der Waals surface area contributed by atoms with Crippen molar-refractivity contribution in [2.24, 2.45) is 21.1 Å². The van der Waals surface area contributed by atoms with Crippen molar-refractivity contribution in [2.45, 2.75) is 19.8 Å². The van der Waals surface area contributed by atoms with E-state index in [4.69, 9.17) is 0 Å². The smallest absolute Gasteiger partial charge is 0.331 e. The summed E-state index contributed by atoms with van der Waals surface area (Å²) in [6, 6.07) is 1.81. The minimum absolute atomic E-state index is 0.104. The highest BCUT2D eigenvalue weighted by molar-refractivity contribution is 5.78. The Hall–Kier alpha value is -2.11. The van der Waals surface area contributed by atoms with Gasteiger partial charge < -0.3 is 9.36 Å². The maximum absolute atomic E-state index is 12.1. The molecular formula is C13H17N3O3. The molecular weight excluding hydrogens is 246 g/mol. The number of hydrogen-bond donors (Lipinski definition) is 0. The van der Waals surface area contributed by atoms with E-state index in [0.717, 1.165) is 10.3 Å². The lowest BCUT2D eigenvalue weighted by atomic mass is 10.2. The van der Waals surface area contributed by atoms with Gasteiger partial charge >= 0.3 is 5.69 Å². The molecule has 0 N–H and O–H groups in total. The molecule has 0 aliphatic carbocycles. The first-order chi connectivity index (χ1) is 8.84. The van der Waals surface area contributed by atoms with Gasteiger partial charge in [0.25, 0.3) is 5.56 Å². The van der Waals surface area contributed by atoms with Gasteiger partial charge in [-0.05, 0) is 19.4 Å². The Kier molecular flexibility index (Phi) is 3.18. The summed E-state index contributed by atoms with van der Waals surface area (Å²) >= 11 is 0. The highest BCUT2D eigenvalue weighted by Gasteiger charge is 2.15. The second kappa shape index (κ2) is 4.53. The molecule has 19 heavy (non-hydrogen) atoms. The van der Waals surface area contributed by atoms with E-state index in [1.807, 2.05) is 0 Å². The lowest BCUT2D eigenvalue weighted by molar-refractivity contribution is -0.117. The third-order valence-corrected chi connectivity index (χ3v) is 3.49. The molecule has 6 nitrogen and oxygen atoms in total. The normalized spacial score (nSPS) is 11.2. The Morgan fingerprint density at radius 1 is 1.11 bits per heavy atom. The third-order valence-electron chi connectivity index (χ3n) is 3.49. The Balaban J connectivity index is 2.74. The highest BCUT2D eigenvalue weighted by Crippen LogP contribution is 2.15. The molecule has 0 fully saturated rings. The molecule has 2 aromatic heterocycles. The minimum Gasteiger partial charge on any atom is -0.342 e. The summed E-state index contributed by atoms with van der Waals surface area (Å²) < 4.78 is 4.31. The topological polar surface area (TPSA) is 66.0 Å². The molecule has 0 spiro atoms. The Labute approximate surface area is 109 Å². The second-order valence-electron chi connectivity index (χ2n) is 4.84. The van der Waals surface area contributed by atoms with E-state index in [9.17, 15) is 14.4 Å². The van der Waals surface area contributed by atoms with Gasteiger partial charge in [0.1, 0.15) is 11.3 Å². The summed E-state index contributed by atoms with van der Waals surface area (Å²) in [5.74, 6) is 0.104. The summed E-state index contributed by atoms with van der Waals surface area (Å²) in [5, 5.41) is 0. The van der Waals surface area contributed by atoms with Gasteiger partial charge in [-0.2, -0.15) is 0 Å². The molecule has 0 unspecified atom stereocenters. The van der Waals surface area contributed by atoms with E-state index >= 15 is 0 Å². The molecule has 2 heterocycles. The SMILES string of the molecule is CC(=O)CCc1cc2c(c(=O)n(C)c(=O)n2C)n1C. The van der Waals surface area contributed by atoms with Crippen molar-refractivity contribution in [3.05, 3.63) is 32.6 Å². The Morgan fingerprint density at radius 2 is 1.74 bits per heavy atom. The van der Waals surface area contributed by atoms with Crippen LogP contribution in [-0.2, 0) is 32.4 Å². The monoisotopic (exact) mass is 263 g/mol. The number of nitrogens with zero attached hydrogens (tertiary/aromatic N) is 3. The number of carbonyl (C=O) groups excluding carboxylic acids is 1. The van der Waals surface area contributed by atoms with Gasteiger partial charge in [-0.3, -0.25) is 13.9 Å². The largest absolute Gasteiger partial charge is 0.342 e. The van der Waals surface area contributed by atoms with Crippen LogP contribution in [0.1, 0.15) is 19.0 Å². The van der Waals surface area contributed by atoms with E-state index in [2.05, 4.69) is 0 Å². The average Bonchev–Trinajstić information content (AvgIpc) is 2.69. The molecule has 0 amide bonds. The summed E-state index contributed by atoms with van der Waals surface area (Å²) in [4.78, 5) is 35.0. The molecule has 0 saturated carbocycles. The van der Waals surface area contributed by atoms with Crippen LogP contribution in [0.4, 0.5) is 0 Å². The first-order valence-corrected chi connectivity index (χ1v) is 6.08. The quantitative estimate of drug-likeness (QED) is 0.788. The maximum Gasteiger partial charge on any atom is 0.331 e. The number of hydrogen-bond acceptors (Lipinski definition) is 3. The summed E-state index contributed by atoms with van der Waals surface area (Å²) in [6.45, 7) is 1.54. The number of carbonyl (C=O) groups is 1. The number of aryl methyl sites for hydroxylation is 3. The standard InChI is InChI=1S/C13H17N3O3/c1-8(17)5-6-9-7-10-11(14(9)2)12(18)16(4)13(19)15(10)3/h7H,5-6H2,1-4H3. The molecule has 2 rings (SSSR count). The van der Waals surface area contributed by atoms with Crippen molar-refractivity contribution in [3.63, 3.8) is 0 Å². The van der Waals surface area contributed by atoms with E-state index in [0.29, 0.717) is 23.9 Å². The molecule has 0 radical (unpaired) electrons. The van der Waals surface area contributed by atoms with Crippen molar-refractivity contribution in [3.8, 4) is 0 Å². The van der Waals surface area contributed by atoms with E-state index in [1.165, 1.54) is 18.5 Å². The van der Waals surface area contributed by atoms with Crippen LogP contribution < -0.4 is 11.2 Å². The summed E-state index contributed by atoms with van der Waals surface area (Å²) in [5.41, 5.74) is 1.32. The van der Waals surface area contributed by atoms with Crippen LogP contribution in [0, 0.1) is 0 Å². The lowest BCUT2D eigenvalue weighted by Gasteiger charge is -2.05. The molecule has 0 aromatic carbocycles. The second-order valence-corrected chi connectivity index (χ2v) is 4.84. The van der Waals surface area contributed by atoms with Gasteiger partial charge in [0.05, 0.1) is 5.52 Å². The van der Waals surface area contributed by atoms with Crippen LogP contribution in [-0.4, -0.2) is 19.5 Å². The van der Waals surface area contributed by atoms with Crippen LogP contribution >= 0.6 is 0 Å². The molecule has 0 bridgehead atoms. The first kappa shape index (κ1) is 13.3. The van der Waals surface area contributed by atoms with Gasteiger partial charge in [-0.25, -0.2) is 4.79 Å². The van der Waals surface area contributed by atoms with E-state index in [-0.39, 0.29) is 17.0 Å².